The van der Waals surface area contributed by atoms with Gasteiger partial charge in [-0.15, -0.1) is 0 Å². The lowest BCUT2D eigenvalue weighted by Gasteiger charge is -2.24. The van der Waals surface area contributed by atoms with E-state index in [0.717, 1.165) is 11.3 Å². The minimum absolute atomic E-state index is 0.206. The molecule has 3 rings (SSSR count). The Hall–Kier alpha value is -3.32. The van der Waals surface area contributed by atoms with E-state index >= 15 is 0 Å². The highest BCUT2D eigenvalue weighted by molar-refractivity contribution is 5.89. The summed E-state index contributed by atoms with van der Waals surface area (Å²) in [6.45, 7) is 2.05. The number of hydrogen-bond acceptors (Lipinski definition) is 3. The maximum Gasteiger partial charge on any atom is 0.322 e. The molecule has 0 radical (unpaired) electrons. The van der Waals surface area contributed by atoms with Crippen LogP contribution >= 0.6 is 0 Å². The summed E-state index contributed by atoms with van der Waals surface area (Å²) in [5, 5.41) is 2.94. The van der Waals surface area contributed by atoms with Crippen molar-refractivity contribution < 1.29 is 18.7 Å². The number of benzene rings is 2. The van der Waals surface area contributed by atoms with Gasteiger partial charge in [-0.25, -0.2) is 9.18 Å². The molecular weight excluding hydrogens is 397 g/mol. The molecular formula is C24H28FN3O3. The number of carbonyl (C=O) groups excluding carboxylic acids is 1. The lowest BCUT2D eigenvalue weighted by molar-refractivity contribution is 0.171. The third-order valence-electron chi connectivity index (χ3n) is 4.90. The first-order chi connectivity index (χ1) is 15.1. The van der Waals surface area contributed by atoms with Gasteiger partial charge in [-0.3, -0.25) is 0 Å². The summed E-state index contributed by atoms with van der Waals surface area (Å²) >= 11 is 0. The number of ether oxygens (including phenoxy) is 2. The van der Waals surface area contributed by atoms with Crippen LogP contribution in [0.5, 0.6) is 5.75 Å². The maximum atomic E-state index is 13.6. The highest BCUT2D eigenvalue weighted by Gasteiger charge is 2.16. The van der Waals surface area contributed by atoms with Gasteiger partial charge in [0.1, 0.15) is 11.6 Å². The van der Waals surface area contributed by atoms with E-state index in [1.54, 1.807) is 31.3 Å². The molecule has 0 bridgehead atoms. The van der Waals surface area contributed by atoms with Crippen molar-refractivity contribution in [1.82, 2.24) is 9.47 Å². The van der Waals surface area contributed by atoms with Crippen LogP contribution in [0.4, 0.5) is 14.9 Å². The summed E-state index contributed by atoms with van der Waals surface area (Å²) in [6, 6.07) is 17.5. The molecule has 1 N–H and O–H groups in total. The molecule has 0 saturated carbocycles. The van der Waals surface area contributed by atoms with Crippen molar-refractivity contribution in [3.05, 3.63) is 83.9 Å². The zero-order chi connectivity index (χ0) is 22.1. The van der Waals surface area contributed by atoms with Crippen LogP contribution in [-0.4, -0.2) is 42.9 Å². The van der Waals surface area contributed by atoms with E-state index in [1.807, 2.05) is 47.2 Å². The van der Waals surface area contributed by atoms with E-state index in [4.69, 9.17) is 9.47 Å². The van der Waals surface area contributed by atoms with Gasteiger partial charge in [-0.05, 0) is 48.4 Å². The number of carbonyl (C=O) groups is 1. The Morgan fingerprint density at radius 3 is 2.71 bits per heavy atom. The molecule has 1 heterocycles. The number of amides is 2. The first kappa shape index (κ1) is 22.4. The van der Waals surface area contributed by atoms with Crippen molar-refractivity contribution in [2.45, 2.75) is 19.5 Å². The van der Waals surface area contributed by atoms with Crippen LogP contribution in [0.25, 0.3) is 0 Å². The Labute approximate surface area is 182 Å². The predicted molar refractivity (Wildman–Crippen MR) is 119 cm³/mol. The number of aromatic nitrogens is 1. The average Bonchev–Trinajstić information content (AvgIpc) is 3.19. The number of methoxy groups -OCH3 is 2. The molecule has 0 aliphatic rings. The highest BCUT2D eigenvalue weighted by Crippen LogP contribution is 2.18. The number of halogens is 1. The van der Waals surface area contributed by atoms with Crippen molar-refractivity contribution >= 4 is 11.7 Å². The summed E-state index contributed by atoms with van der Waals surface area (Å²) in [4.78, 5) is 14.8. The second-order valence-electron chi connectivity index (χ2n) is 7.19. The minimum Gasteiger partial charge on any atom is -0.497 e. The molecule has 1 aromatic heterocycles. The fraction of sp³-hybridized carbons (Fsp3) is 0.292. The van der Waals surface area contributed by atoms with Crippen molar-refractivity contribution in [1.29, 1.82) is 0 Å². The zero-order valence-electron chi connectivity index (χ0n) is 17.9. The normalized spacial score (nSPS) is 10.7. The topological polar surface area (TPSA) is 55.7 Å². The van der Waals surface area contributed by atoms with Gasteiger partial charge < -0.3 is 24.3 Å². The van der Waals surface area contributed by atoms with E-state index in [0.29, 0.717) is 44.1 Å². The predicted octanol–water partition coefficient (Wildman–Crippen LogP) is 4.75. The number of urea groups is 1. The zero-order valence-corrected chi connectivity index (χ0v) is 17.9. The first-order valence-corrected chi connectivity index (χ1v) is 10.2. The molecule has 0 spiro atoms. The lowest BCUT2D eigenvalue weighted by atomic mass is 10.2. The Kier molecular flexibility index (Phi) is 8.06. The minimum atomic E-state index is -0.259. The molecule has 2 aromatic carbocycles. The van der Waals surface area contributed by atoms with Crippen LogP contribution in [0.15, 0.2) is 66.9 Å². The van der Waals surface area contributed by atoms with E-state index in [-0.39, 0.29) is 11.8 Å². The van der Waals surface area contributed by atoms with Gasteiger partial charge >= 0.3 is 6.03 Å². The average molecular weight is 426 g/mol. The molecule has 2 amide bonds. The van der Waals surface area contributed by atoms with E-state index < -0.39 is 0 Å². The van der Waals surface area contributed by atoms with E-state index in [1.165, 1.54) is 12.1 Å². The second kappa shape index (κ2) is 11.2. The molecule has 0 saturated heterocycles. The van der Waals surface area contributed by atoms with Crippen molar-refractivity contribution in [2.24, 2.45) is 0 Å². The fourth-order valence-electron chi connectivity index (χ4n) is 3.33. The number of nitrogens with one attached hydrogen (secondary N) is 1. The molecule has 7 heteroatoms. The molecule has 0 unspecified atom stereocenters. The van der Waals surface area contributed by atoms with Gasteiger partial charge in [0.15, 0.2) is 0 Å². The van der Waals surface area contributed by atoms with Crippen LogP contribution in [0.3, 0.4) is 0 Å². The first-order valence-electron chi connectivity index (χ1n) is 10.2. The number of rotatable bonds is 10. The molecule has 0 fully saturated rings. The van der Waals surface area contributed by atoms with Gasteiger partial charge in [0.2, 0.25) is 0 Å². The summed E-state index contributed by atoms with van der Waals surface area (Å²) in [6.07, 6.45) is 2.65. The Bertz CT molecular complexity index is 989. The van der Waals surface area contributed by atoms with Crippen LogP contribution < -0.4 is 10.1 Å². The van der Waals surface area contributed by atoms with E-state index in [9.17, 15) is 9.18 Å². The Balaban J connectivity index is 1.73. The molecule has 3 aromatic rings. The fourth-order valence-corrected chi connectivity index (χ4v) is 3.33. The molecule has 164 valence electrons. The molecule has 0 aliphatic carbocycles. The number of hydrogen-bond donors (Lipinski definition) is 1. The monoisotopic (exact) mass is 425 g/mol. The molecule has 0 aliphatic heterocycles. The second-order valence-corrected chi connectivity index (χ2v) is 7.19. The summed E-state index contributed by atoms with van der Waals surface area (Å²) in [5.41, 5.74) is 2.49. The number of nitrogens with zero attached hydrogens (tertiary/aromatic N) is 2. The molecule has 0 atom stereocenters. The van der Waals surface area contributed by atoms with Crippen LogP contribution in [0.2, 0.25) is 0 Å². The summed E-state index contributed by atoms with van der Waals surface area (Å²) < 4.78 is 26.0. The van der Waals surface area contributed by atoms with E-state index in [2.05, 4.69) is 5.32 Å². The number of anilines is 1. The van der Waals surface area contributed by atoms with Crippen molar-refractivity contribution in [2.75, 3.05) is 32.7 Å². The highest BCUT2D eigenvalue weighted by atomic mass is 19.1. The molecule has 6 nitrogen and oxygen atoms in total. The smallest absolute Gasteiger partial charge is 0.322 e. The van der Waals surface area contributed by atoms with Gasteiger partial charge in [-0.2, -0.15) is 0 Å². The summed E-state index contributed by atoms with van der Waals surface area (Å²) in [7, 11) is 3.23. The molecule has 31 heavy (non-hydrogen) atoms. The third kappa shape index (κ3) is 6.58. The van der Waals surface area contributed by atoms with Crippen LogP contribution in [0.1, 0.15) is 17.7 Å². The standard InChI is InChI=1S/C24H28FN3O3/c1-30-14-6-13-28(24(29)26-21-9-4-11-23(16-21)31-2)18-22-10-5-12-27(22)17-19-7-3-8-20(25)15-19/h3-5,7-12,15-16H,6,13-14,17-18H2,1-2H3,(H,26,29). The van der Waals surface area contributed by atoms with Gasteiger partial charge in [-0.1, -0.05) is 18.2 Å². The third-order valence-corrected chi connectivity index (χ3v) is 4.90. The lowest BCUT2D eigenvalue weighted by Crippen LogP contribution is -2.36. The van der Waals surface area contributed by atoms with Gasteiger partial charge in [0.05, 0.1) is 13.7 Å². The Morgan fingerprint density at radius 2 is 1.94 bits per heavy atom. The van der Waals surface area contributed by atoms with Gasteiger partial charge in [0, 0.05) is 50.5 Å². The maximum absolute atomic E-state index is 13.6. The van der Waals surface area contributed by atoms with Gasteiger partial charge in [0.25, 0.3) is 0 Å². The Morgan fingerprint density at radius 1 is 1.10 bits per heavy atom. The quantitative estimate of drug-likeness (QED) is 0.477. The van der Waals surface area contributed by atoms with Crippen LogP contribution in [0, 0.1) is 5.82 Å². The largest absolute Gasteiger partial charge is 0.497 e. The van der Waals surface area contributed by atoms with Crippen molar-refractivity contribution in [3.8, 4) is 5.75 Å². The summed E-state index contributed by atoms with van der Waals surface area (Å²) in [5.74, 6) is 0.415. The van der Waals surface area contributed by atoms with Crippen LogP contribution in [-0.2, 0) is 17.8 Å². The SMILES string of the molecule is COCCCN(Cc1cccn1Cc1cccc(F)c1)C(=O)Nc1cccc(OC)c1. The van der Waals surface area contributed by atoms with Crippen molar-refractivity contribution in [3.63, 3.8) is 0 Å².